The number of carbonyl (C=O) groups is 1. The van der Waals surface area contributed by atoms with Gasteiger partial charge in [-0.1, -0.05) is 26.0 Å². The molecule has 0 bridgehead atoms. The van der Waals surface area contributed by atoms with Crippen LogP contribution in [-0.4, -0.2) is 42.4 Å². The smallest absolute Gasteiger partial charge is 0.237 e. The SMILES string of the molecule is CC(C)C[C@H](N)C(=O)NC1CC=CCOC[C@H]1O. The highest BCUT2D eigenvalue weighted by atomic mass is 16.5. The zero-order chi connectivity index (χ0) is 13.5. The molecule has 18 heavy (non-hydrogen) atoms. The molecule has 4 N–H and O–H groups in total. The molecular weight excluding hydrogens is 232 g/mol. The molecule has 104 valence electrons. The van der Waals surface area contributed by atoms with Crippen LogP contribution in [-0.2, 0) is 9.53 Å². The second-order valence-corrected chi connectivity index (χ2v) is 5.16. The molecule has 0 aliphatic carbocycles. The molecule has 1 amide bonds. The van der Waals surface area contributed by atoms with Crippen LogP contribution in [0.15, 0.2) is 12.2 Å². The van der Waals surface area contributed by atoms with Crippen molar-refractivity contribution in [3.63, 3.8) is 0 Å². The number of aliphatic hydroxyl groups is 1. The summed E-state index contributed by atoms with van der Waals surface area (Å²) in [5, 5.41) is 12.7. The molecule has 1 aliphatic rings. The summed E-state index contributed by atoms with van der Waals surface area (Å²) in [6, 6.07) is -0.847. The highest BCUT2D eigenvalue weighted by Gasteiger charge is 2.24. The lowest BCUT2D eigenvalue weighted by atomic mass is 10.0. The van der Waals surface area contributed by atoms with Gasteiger partial charge in [-0.15, -0.1) is 0 Å². The van der Waals surface area contributed by atoms with Gasteiger partial charge in [-0.25, -0.2) is 0 Å². The molecule has 0 aromatic carbocycles. The standard InChI is InChI=1S/C13H24N2O3/c1-9(2)7-10(14)13(17)15-11-5-3-4-6-18-8-12(11)16/h3-4,9-12,16H,5-8,14H2,1-2H3,(H,15,17)/t10-,11?,12+/m0/s1. The van der Waals surface area contributed by atoms with Gasteiger partial charge >= 0.3 is 0 Å². The Kier molecular flexibility index (Phi) is 6.32. The molecule has 0 fully saturated rings. The Balaban J connectivity index is 2.50. The van der Waals surface area contributed by atoms with E-state index in [2.05, 4.69) is 5.32 Å². The summed E-state index contributed by atoms with van der Waals surface area (Å²) >= 11 is 0. The summed E-state index contributed by atoms with van der Waals surface area (Å²) in [6.45, 7) is 4.78. The topological polar surface area (TPSA) is 84.6 Å². The van der Waals surface area contributed by atoms with Crippen LogP contribution in [0.2, 0.25) is 0 Å². The number of hydrogen-bond donors (Lipinski definition) is 3. The number of nitrogens with two attached hydrogens (primary N) is 1. The van der Waals surface area contributed by atoms with E-state index in [0.717, 1.165) is 0 Å². The molecule has 0 aromatic rings. The normalized spacial score (nSPS) is 26.5. The van der Waals surface area contributed by atoms with Gasteiger partial charge < -0.3 is 20.9 Å². The zero-order valence-corrected chi connectivity index (χ0v) is 11.1. The van der Waals surface area contributed by atoms with Crippen molar-refractivity contribution in [2.75, 3.05) is 13.2 Å². The van der Waals surface area contributed by atoms with Gasteiger partial charge in [0, 0.05) is 0 Å². The van der Waals surface area contributed by atoms with Crippen molar-refractivity contribution in [2.24, 2.45) is 11.7 Å². The zero-order valence-electron chi connectivity index (χ0n) is 11.1. The van der Waals surface area contributed by atoms with E-state index in [0.29, 0.717) is 25.4 Å². The highest BCUT2D eigenvalue weighted by Crippen LogP contribution is 2.07. The van der Waals surface area contributed by atoms with Gasteiger partial charge in [0.15, 0.2) is 0 Å². The number of amides is 1. The lowest BCUT2D eigenvalue weighted by Crippen LogP contribution is -2.51. The van der Waals surface area contributed by atoms with E-state index in [4.69, 9.17) is 10.5 Å². The fraction of sp³-hybridized carbons (Fsp3) is 0.769. The quantitative estimate of drug-likeness (QED) is 0.627. The van der Waals surface area contributed by atoms with Crippen LogP contribution in [0.25, 0.3) is 0 Å². The van der Waals surface area contributed by atoms with Crippen LogP contribution in [0.3, 0.4) is 0 Å². The lowest BCUT2D eigenvalue weighted by Gasteiger charge is -2.26. The number of ether oxygens (including phenoxy) is 1. The molecule has 0 saturated carbocycles. The van der Waals surface area contributed by atoms with Gasteiger partial charge in [0.2, 0.25) is 5.91 Å². The first-order valence-electron chi connectivity index (χ1n) is 6.47. The van der Waals surface area contributed by atoms with Crippen molar-refractivity contribution in [1.82, 2.24) is 5.32 Å². The van der Waals surface area contributed by atoms with Crippen molar-refractivity contribution in [1.29, 1.82) is 0 Å². The molecule has 3 atom stereocenters. The first-order valence-corrected chi connectivity index (χ1v) is 6.47. The van der Waals surface area contributed by atoms with E-state index in [1.165, 1.54) is 0 Å². The molecule has 1 heterocycles. The van der Waals surface area contributed by atoms with Gasteiger partial charge in [-0.3, -0.25) is 4.79 Å². The summed E-state index contributed by atoms with van der Waals surface area (Å²) in [7, 11) is 0. The summed E-state index contributed by atoms with van der Waals surface area (Å²) in [5.41, 5.74) is 5.81. The third-order valence-corrected chi connectivity index (χ3v) is 2.91. The predicted molar refractivity (Wildman–Crippen MR) is 69.9 cm³/mol. The number of hydrogen-bond acceptors (Lipinski definition) is 4. The molecule has 0 radical (unpaired) electrons. The molecule has 5 nitrogen and oxygen atoms in total. The van der Waals surface area contributed by atoms with Gasteiger partial charge in [-0.05, 0) is 18.8 Å². The van der Waals surface area contributed by atoms with Crippen LogP contribution < -0.4 is 11.1 Å². The third kappa shape index (κ3) is 5.16. The van der Waals surface area contributed by atoms with Crippen LogP contribution in [0.1, 0.15) is 26.7 Å². The third-order valence-electron chi connectivity index (χ3n) is 2.91. The average molecular weight is 256 g/mol. The predicted octanol–water partition coefficient (Wildman–Crippen LogP) is 0.182. The highest BCUT2D eigenvalue weighted by molar-refractivity contribution is 5.81. The van der Waals surface area contributed by atoms with E-state index < -0.39 is 12.1 Å². The first-order chi connectivity index (χ1) is 8.50. The minimum absolute atomic E-state index is 0.207. The largest absolute Gasteiger partial charge is 0.389 e. The average Bonchev–Trinajstić information content (AvgIpc) is 2.27. The van der Waals surface area contributed by atoms with Crippen molar-refractivity contribution in [3.8, 4) is 0 Å². The molecule has 0 saturated heterocycles. The van der Waals surface area contributed by atoms with Crippen molar-refractivity contribution in [2.45, 2.75) is 44.9 Å². The van der Waals surface area contributed by atoms with Gasteiger partial charge in [0.05, 0.1) is 31.4 Å². The fourth-order valence-corrected chi connectivity index (χ4v) is 1.90. The molecule has 1 aliphatic heterocycles. The van der Waals surface area contributed by atoms with E-state index in [1.54, 1.807) is 0 Å². The lowest BCUT2D eigenvalue weighted by molar-refractivity contribution is -0.124. The molecule has 1 unspecified atom stereocenters. The summed E-state index contributed by atoms with van der Waals surface area (Å²) in [6.07, 6.45) is 4.34. The number of aliphatic hydroxyl groups excluding tert-OH is 1. The number of carbonyl (C=O) groups excluding carboxylic acids is 1. The van der Waals surface area contributed by atoms with Crippen LogP contribution in [0, 0.1) is 5.92 Å². The monoisotopic (exact) mass is 256 g/mol. The maximum Gasteiger partial charge on any atom is 0.237 e. The molecular formula is C13H24N2O3. The molecule has 0 spiro atoms. The van der Waals surface area contributed by atoms with E-state index in [9.17, 15) is 9.90 Å². The van der Waals surface area contributed by atoms with E-state index in [1.807, 2.05) is 26.0 Å². The second-order valence-electron chi connectivity index (χ2n) is 5.16. The van der Waals surface area contributed by atoms with E-state index in [-0.39, 0.29) is 18.6 Å². The Morgan fingerprint density at radius 1 is 1.56 bits per heavy atom. The second kappa shape index (κ2) is 7.51. The van der Waals surface area contributed by atoms with Crippen molar-refractivity contribution >= 4 is 5.91 Å². The van der Waals surface area contributed by atoms with Crippen molar-refractivity contribution in [3.05, 3.63) is 12.2 Å². The fourth-order valence-electron chi connectivity index (χ4n) is 1.90. The van der Waals surface area contributed by atoms with Gasteiger partial charge in [-0.2, -0.15) is 0 Å². The van der Waals surface area contributed by atoms with Crippen LogP contribution in [0.5, 0.6) is 0 Å². The summed E-state index contributed by atoms with van der Waals surface area (Å²) < 4.78 is 5.20. The van der Waals surface area contributed by atoms with Crippen LogP contribution >= 0.6 is 0 Å². The Morgan fingerprint density at radius 2 is 2.28 bits per heavy atom. The first kappa shape index (κ1) is 15.1. The molecule has 0 aromatic heterocycles. The Labute approximate surface area is 108 Å². The van der Waals surface area contributed by atoms with Crippen molar-refractivity contribution < 1.29 is 14.6 Å². The Hall–Kier alpha value is -0.910. The molecule has 1 rings (SSSR count). The summed E-state index contributed by atoms with van der Waals surface area (Å²) in [4.78, 5) is 11.9. The van der Waals surface area contributed by atoms with Crippen LogP contribution in [0.4, 0.5) is 0 Å². The maximum absolute atomic E-state index is 11.9. The maximum atomic E-state index is 11.9. The number of rotatable bonds is 4. The Morgan fingerprint density at radius 3 is 2.94 bits per heavy atom. The minimum atomic E-state index is -0.690. The van der Waals surface area contributed by atoms with Gasteiger partial charge in [0.25, 0.3) is 0 Å². The Bertz CT molecular complexity index is 292. The number of nitrogens with one attached hydrogen (secondary N) is 1. The molecule has 5 heteroatoms. The summed E-state index contributed by atoms with van der Waals surface area (Å²) in [5.74, 6) is 0.165. The van der Waals surface area contributed by atoms with E-state index >= 15 is 0 Å². The minimum Gasteiger partial charge on any atom is -0.389 e. The van der Waals surface area contributed by atoms with Gasteiger partial charge in [0.1, 0.15) is 0 Å².